The molecular weight excluding hydrogens is 472 g/mol. The first-order chi connectivity index (χ1) is 17.7. The number of likely N-dealkylation sites (tertiary alicyclic amines) is 1. The second-order valence-electron chi connectivity index (χ2n) is 10.3. The van der Waals surface area contributed by atoms with Gasteiger partial charge >= 0.3 is 5.97 Å². The lowest BCUT2D eigenvalue weighted by Gasteiger charge is -2.37. The van der Waals surface area contributed by atoms with Crippen molar-refractivity contribution >= 4 is 23.5 Å². The fourth-order valence-corrected chi connectivity index (χ4v) is 6.84. The van der Waals surface area contributed by atoms with Crippen molar-refractivity contribution in [2.75, 3.05) is 31.2 Å². The number of aryl methyl sites for hydroxylation is 2. The van der Waals surface area contributed by atoms with Crippen molar-refractivity contribution in [1.29, 1.82) is 0 Å². The third-order valence-electron chi connectivity index (χ3n) is 8.36. The monoisotopic (exact) mass is 510 g/mol. The summed E-state index contributed by atoms with van der Waals surface area (Å²) in [6.45, 7) is 13.4. The molecule has 1 aromatic rings. The predicted molar refractivity (Wildman–Crippen MR) is 140 cm³/mol. The molecule has 200 valence electrons. The minimum absolute atomic E-state index is 0.0249. The Morgan fingerprint density at radius 2 is 1.95 bits per heavy atom. The molecule has 2 bridgehead atoms. The molecule has 37 heavy (non-hydrogen) atoms. The van der Waals surface area contributed by atoms with Gasteiger partial charge in [-0.25, -0.2) is 0 Å². The number of β-amino-alcohol motifs (C(OH)–C–C–N with tert-alkyl or cyclic N) is 1. The van der Waals surface area contributed by atoms with Crippen LogP contribution < -0.4 is 4.90 Å². The van der Waals surface area contributed by atoms with Crippen LogP contribution in [0.15, 0.2) is 43.5 Å². The second kappa shape index (κ2) is 10.4. The van der Waals surface area contributed by atoms with Crippen LogP contribution in [-0.2, 0) is 23.9 Å². The molecule has 8 heteroatoms. The van der Waals surface area contributed by atoms with Gasteiger partial charge < -0.3 is 24.4 Å². The number of anilines is 1. The van der Waals surface area contributed by atoms with Crippen molar-refractivity contribution in [3.8, 4) is 0 Å². The number of aliphatic hydroxyl groups excluding tert-OH is 1. The molecule has 4 rings (SSSR count). The van der Waals surface area contributed by atoms with Gasteiger partial charge in [0.05, 0.1) is 24.7 Å². The summed E-state index contributed by atoms with van der Waals surface area (Å²) in [7, 11) is 0. The molecule has 1 aromatic carbocycles. The van der Waals surface area contributed by atoms with Gasteiger partial charge in [-0.2, -0.15) is 0 Å². The average Bonchev–Trinajstić information content (AvgIpc) is 3.47. The molecule has 0 aliphatic carbocycles. The molecule has 3 saturated heterocycles. The summed E-state index contributed by atoms with van der Waals surface area (Å²) >= 11 is 0. The lowest BCUT2D eigenvalue weighted by Crippen LogP contribution is -2.57. The van der Waals surface area contributed by atoms with E-state index in [2.05, 4.69) is 13.2 Å². The number of carbonyl (C=O) groups is 3. The fourth-order valence-electron chi connectivity index (χ4n) is 6.84. The Bertz CT molecular complexity index is 1080. The Morgan fingerprint density at radius 3 is 2.54 bits per heavy atom. The standard InChI is InChI=1S/C29H38N2O6/c1-6-9-18-36-27(35)22-21-25(33)31(16-17-32)24(29(21)14-13-28(22,8-3)37-29)26(34)30(15-7-2)23-19(4)11-10-12-20(23)5/h6-7,10-12,21-22,24,32H,1-2,8-9,13-18H2,3-5H3/t21-,22+,24?,28-,29?/m0/s1. The van der Waals surface area contributed by atoms with Gasteiger partial charge in [0, 0.05) is 18.8 Å². The topological polar surface area (TPSA) is 96.4 Å². The van der Waals surface area contributed by atoms with Crippen molar-refractivity contribution in [1.82, 2.24) is 4.90 Å². The molecule has 5 atom stereocenters. The Kier molecular flexibility index (Phi) is 7.62. The Balaban J connectivity index is 1.80. The van der Waals surface area contributed by atoms with Crippen LogP contribution in [0.4, 0.5) is 5.69 Å². The molecule has 2 amide bonds. The number of fused-ring (bicyclic) bond motifs is 1. The fraction of sp³-hybridized carbons (Fsp3) is 0.552. The van der Waals surface area contributed by atoms with E-state index in [0.717, 1.165) is 16.8 Å². The first-order valence-corrected chi connectivity index (χ1v) is 13.1. The number of hydrogen-bond acceptors (Lipinski definition) is 6. The summed E-state index contributed by atoms with van der Waals surface area (Å²) < 4.78 is 12.3. The highest BCUT2D eigenvalue weighted by Gasteiger charge is 2.79. The molecule has 0 saturated carbocycles. The minimum atomic E-state index is -1.17. The first kappa shape index (κ1) is 27.1. The number of aliphatic hydroxyl groups is 1. The number of para-hydroxylation sites is 1. The molecule has 0 radical (unpaired) electrons. The third-order valence-corrected chi connectivity index (χ3v) is 8.36. The van der Waals surface area contributed by atoms with Crippen LogP contribution in [0.5, 0.6) is 0 Å². The number of ether oxygens (including phenoxy) is 2. The van der Waals surface area contributed by atoms with E-state index in [-0.39, 0.29) is 38.1 Å². The molecule has 3 aliphatic heterocycles. The quantitative estimate of drug-likeness (QED) is 0.279. The average molecular weight is 511 g/mol. The largest absolute Gasteiger partial charge is 0.465 e. The maximum Gasteiger partial charge on any atom is 0.312 e. The summed E-state index contributed by atoms with van der Waals surface area (Å²) in [6.07, 6.45) is 5.38. The molecule has 0 aromatic heterocycles. The van der Waals surface area contributed by atoms with Crippen LogP contribution in [0.3, 0.4) is 0 Å². The van der Waals surface area contributed by atoms with E-state index < -0.39 is 35.0 Å². The van der Waals surface area contributed by atoms with Crippen LogP contribution in [0, 0.1) is 25.7 Å². The van der Waals surface area contributed by atoms with Crippen LogP contribution >= 0.6 is 0 Å². The van der Waals surface area contributed by atoms with Crippen molar-refractivity contribution in [2.24, 2.45) is 11.8 Å². The van der Waals surface area contributed by atoms with Gasteiger partial charge in [0.2, 0.25) is 5.91 Å². The second-order valence-corrected chi connectivity index (χ2v) is 10.3. The van der Waals surface area contributed by atoms with Gasteiger partial charge in [-0.15, -0.1) is 13.2 Å². The molecule has 8 nitrogen and oxygen atoms in total. The van der Waals surface area contributed by atoms with E-state index in [1.54, 1.807) is 17.1 Å². The van der Waals surface area contributed by atoms with Gasteiger partial charge in [0.25, 0.3) is 5.91 Å². The van der Waals surface area contributed by atoms with E-state index in [0.29, 0.717) is 25.7 Å². The van der Waals surface area contributed by atoms with Gasteiger partial charge in [-0.1, -0.05) is 37.3 Å². The van der Waals surface area contributed by atoms with E-state index in [1.165, 1.54) is 4.90 Å². The lowest BCUT2D eigenvalue weighted by atomic mass is 9.65. The number of amides is 2. The number of benzene rings is 1. The molecule has 2 unspecified atom stereocenters. The normalized spacial score (nSPS) is 29.8. The summed E-state index contributed by atoms with van der Waals surface area (Å²) in [4.78, 5) is 44.9. The number of esters is 1. The molecular formula is C29H38N2O6. The number of hydrogen-bond donors (Lipinski definition) is 1. The molecule has 1 spiro atoms. The van der Waals surface area contributed by atoms with Gasteiger partial charge in [-0.3, -0.25) is 14.4 Å². The SMILES string of the molecule is C=CCCOC(=O)[C@H]1[C@H]2C(=O)N(CCO)C(C(=O)N(CC=C)c3c(C)cccc3C)C23CC[C@]1(CC)O3. The smallest absolute Gasteiger partial charge is 0.312 e. The Morgan fingerprint density at radius 1 is 1.24 bits per heavy atom. The zero-order valence-corrected chi connectivity index (χ0v) is 22.1. The van der Waals surface area contributed by atoms with E-state index in [9.17, 15) is 19.5 Å². The van der Waals surface area contributed by atoms with Gasteiger partial charge in [0.1, 0.15) is 17.6 Å². The van der Waals surface area contributed by atoms with Crippen LogP contribution in [0.1, 0.15) is 43.7 Å². The van der Waals surface area contributed by atoms with Crippen molar-refractivity contribution in [3.63, 3.8) is 0 Å². The molecule has 3 aliphatic rings. The maximum atomic E-state index is 14.5. The van der Waals surface area contributed by atoms with Crippen LogP contribution in [-0.4, -0.2) is 71.3 Å². The number of carbonyl (C=O) groups excluding carboxylic acids is 3. The van der Waals surface area contributed by atoms with Crippen LogP contribution in [0.25, 0.3) is 0 Å². The molecule has 1 N–H and O–H groups in total. The predicted octanol–water partition coefficient (Wildman–Crippen LogP) is 3.09. The minimum Gasteiger partial charge on any atom is -0.465 e. The first-order valence-electron chi connectivity index (χ1n) is 13.1. The van der Waals surface area contributed by atoms with Gasteiger partial charge in [0.15, 0.2) is 0 Å². The summed E-state index contributed by atoms with van der Waals surface area (Å²) in [5.41, 5.74) is 0.580. The summed E-state index contributed by atoms with van der Waals surface area (Å²) in [6, 6.07) is 4.84. The summed E-state index contributed by atoms with van der Waals surface area (Å²) in [5.74, 6) is -2.77. The highest BCUT2D eigenvalue weighted by atomic mass is 16.6. The Hall–Kier alpha value is -2.97. The lowest BCUT2D eigenvalue weighted by molar-refractivity contribution is -0.160. The highest BCUT2D eigenvalue weighted by Crippen LogP contribution is 2.64. The zero-order chi connectivity index (χ0) is 27.0. The molecule has 3 fully saturated rings. The number of rotatable bonds is 11. The third kappa shape index (κ3) is 4.10. The van der Waals surface area contributed by atoms with Crippen molar-refractivity contribution in [3.05, 3.63) is 54.6 Å². The number of nitrogens with zero attached hydrogens (tertiary/aromatic N) is 2. The van der Waals surface area contributed by atoms with Crippen LogP contribution in [0.2, 0.25) is 0 Å². The highest BCUT2D eigenvalue weighted by molar-refractivity contribution is 6.05. The van der Waals surface area contributed by atoms with E-state index in [1.807, 2.05) is 39.0 Å². The van der Waals surface area contributed by atoms with Crippen molar-refractivity contribution in [2.45, 2.75) is 63.7 Å². The maximum absolute atomic E-state index is 14.5. The van der Waals surface area contributed by atoms with Crippen molar-refractivity contribution < 1.29 is 29.0 Å². The van der Waals surface area contributed by atoms with Gasteiger partial charge in [-0.05, 0) is 50.7 Å². The Labute approximate surface area is 218 Å². The molecule has 3 heterocycles. The van der Waals surface area contributed by atoms with E-state index >= 15 is 0 Å². The van der Waals surface area contributed by atoms with E-state index in [4.69, 9.17) is 9.47 Å². The zero-order valence-electron chi connectivity index (χ0n) is 22.1. The summed E-state index contributed by atoms with van der Waals surface area (Å²) in [5, 5.41) is 9.86.